The normalized spacial score (nSPS) is 18.9. The molecule has 0 aliphatic carbocycles. The van der Waals surface area contributed by atoms with E-state index in [0.29, 0.717) is 6.42 Å². The molecule has 20 heteroatoms. The molecular weight excluding hydrogens is 854 g/mol. The second kappa shape index (κ2) is 29.6. The Labute approximate surface area is 365 Å². The van der Waals surface area contributed by atoms with Crippen molar-refractivity contribution in [3.63, 3.8) is 0 Å². The van der Waals surface area contributed by atoms with E-state index in [-0.39, 0.29) is 35.6 Å². The average molecular weight is 908 g/mol. The molecule has 1 heterocycles. The second-order valence-corrected chi connectivity index (χ2v) is 16.2. The Kier molecular flexibility index (Phi) is 26.4. The van der Waals surface area contributed by atoms with Crippen molar-refractivity contribution in [3.05, 3.63) is 91.0 Å². The summed E-state index contributed by atoms with van der Waals surface area (Å²) in [5, 5.41) is 61.5. The minimum atomic E-state index is -2.79. The molecular formula is C41H54N3O14PS2. The molecule has 3 aromatic carbocycles. The third-order valence-electron chi connectivity index (χ3n) is 7.82. The van der Waals surface area contributed by atoms with Crippen molar-refractivity contribution < 1.29 is 68.5 Å². The van der Waals surface area contributed by atoms with Gasteiger partial charge in [-0.05, 0) is 37.7 Å². The lowest BCUT2D eigenvalue weighted by atomic mass is 9.89. The molecule has 0 bridgehead atoms. The van der Waals surface area contributed by atoms with Crippen LogP contribution in [0.1, 0.15) is 53.9 Å². The van der Waals surface area contributed by atoms with Gasteiger partial charge in [-0.25, -0.2) is 14.4 Å². The van der Waals surface area contributed by atoms with E-state index in [0.717, 1.165) is 18.7 Å². The number of carbonyl (C=O) groups is 6. The third kappa shape index (κ3) is 20.7. The monoisotopic (exact) mass is 907 g/mol. The van der Waals surface area contributed by atoms with Gasteiger partial charge >= 0.3 is 18.2 Å². The van der Waals surface area contributed by atoms with E-state index >= 15 is 0 Å². The van der Waals surface area contributed by atoms with Crippen LogP contribution in [0.5, 0.6) is 0 Å². The van der Waals surface area contributed by atoms with Crippen LogP contribution < -0.4 is 21.2 Å². The van der Waals surface area contributed by atoms with E-state index in [1.807, 2.05) is 0 Å². The lowest BCUT2D eigenvalue weighted by Crippen LogP contribution is -2.67. The molecule has 1 unspecified atom stereocenters. The minimum Gasteiger partial charge on any atom is -0.477 e. The smallest absolute Gasteiger partial charge is 0.452 e. The van der Waals surface area contributed by atoms with E-state index in [2.05, 4.69) is 129 Å². The molecule has 0 spiro atoms. The summed E-state index contributed by atoms with van der Waals surface area (Å²) < 4.78 is 13.7. The number of thioether (sulfide) groups is 1. The molecule has 0 saturated carbocycles. The molecule has 3 aromatic rings. The van der Waals surface area contributed by atoms with Crippen molar-refractivity contribution in [2.45, 2.75) is 90.1 Å². The number of aliphatic carboxylic acids is 1. The number of nitrogens with zero attached hydrogens (tertiary/aromatic N) is 2. The lowest BCUT2D eigenvalue weighted by Gasteiger charge is -2.44. The Morgan fingerprint density at radius 1 is 0.820 bits per heavy atom. The van der Waals surface area contributed by atoms with Crippen molar-refractivity contribution in [3.8, 4) is 0 Å². The summed E-state index contributed by atoms with van der Waals surface area (Å²) >= 11 is 4.22. The molecule has 1 saturated heterocycles. The van der Waals surface area contributed by atoms with Gasteiger partial charge in [0.15, 0.2) is 10.2 Å². The summed E-state index contributed by atoms with van der Waals surface area (Å²) in [7, 11) is -0.446. The maximum atomic E-state index is 11.3. The van der Waals surface area contributed by atoms with Gasteiger partial charge in [-0.1, -0.05) is 127 Å². The summed E-state index contributed by atoms with van der Waals surface area (Å²) in [6.07, 6.45) is -8.23. The SMILES string of the molecule is CCC(=O)S.CCC(=O)SC[C@@H](O)[C@@H](O)C1O[C@](O)(C(=O)O)C[C@@H](O)[C@H]1NC(C)=O.CCOC(=O)N=NC(=O)OCC.c1ccc(P(c2ccccc2)c2ccccc2)cc1. The molecule has 61 heavy (non-hydrogen) atoms. The van der Waals surface area contributed by atoms with Gasteiger partial charge in [0.25, 0.3) is 5.79 Å². The average Bonchev–Trinajstić information content (AvgIpc) is 3.24. The molecule has 4 rings (SSSR count). The molecule has 17 nitrogen and oxygen atoms in total. The fourth-order valence-corrected chi connectivity index (χ4v) is 8.03. The first kappa shape index (κ1) is 54.4. The number of benzene rings is 3. The van der Waals surface area contributed by atoms with Crippen LogP contribution in [0.4, 0.5) is 9.59 Å². The highest BCUT2D eigenvalue weighted by Gasteiger charge is 2.53. The number of aliphatic hydroxyl groups excluding tert-OH is 3. The Morgan fingerprint density at radius 2 is 1.23 bits per heavy atom. The molecule has 6 N–H and O–H groups in total. The number of hydrogen-bond donors (Lipinski definition) is 7. The molecule has 3 amide bonds. The third-order valence-corrected chi connectivity index (χ3v) is 11.7. The predicted molar refractivity (Wildman–Crippen MR) is 234 cm³/mol. The fourth-order valence-electron chi connectivity index (χ4n) is 4.97. The van der Waals surface area contributed by atoms with Gasteiger partial charge in [0.2, 0.25) is 5.91 Å². The predicted octanol–water partition coefficient (Wildman–Crippen LogP) is 3.85. The van der Waals surface area contributed by atoms with Crippen LogP contribution in [0.2, 0.25) is 0 Å². The van der Waals surface area contributed by atoms with E-state index in [1.165, 1.54) is 15.9 Å². The number of carboxylic acid groups (broad SMARTS) is 1. The van der Waals surface area contributed by atoms with Gasteiger partial charge in [0.05, 0.1) is 31.5 Å². The summed E-state index contributed by atoms with van der Waals surface area (Å²) in [6.45, 7) is 8.17. The van der Waals surface area contributed by atoms with Gasteiger partial charge in [-0.3, -0.25) is 14.4 Å². The number of ether oxygens (including phenoxy) is 3. The van der Waals surface area contributed by atoms with Crippen LogP contribution in [-0.2, 0) is 33.4 Å². The molecule has 0 aromatic heterocycles. The number of amides is 3. The Balaban J connectivity index is 0.000000455. The van der Waals surface area contributed by atoms with Crippen LogP contribution >= 0.6 is 32.3 Å². The number of azo groups is 1. The van der Waals surface area contributed by atoms with E-state index in [9.17, 15) is 49.2 Å². The Hall–Kier alpha value is -4.59. The topological polar surface area (TPSA) is 268 Å². The van der Waals surface area contributed by atoms with Crippen LogP contribution in [0.25, 0.3) is 0 Å². The highest BCUT2D eigenvalue weighted by Crippen LogP contribution is 2.33. The number of carbonyl (C=O) groups excluding carboxylic acids is 5. The first-order valence-electron chi connectivity index (χ1n) is 19.0. The first-order valence-corrected chi connectivity index (χ1v) is 21.7. The van der Waals surface area contributed by atoms with E-state index in [4.69, 9.17) is 9.84 Å². The van der Waals surface area contributed by atoms with Crippen molar-refractivity contribution >= 4 is 82.5 Å². The Morgan fingerprint density at radius 3 is 1.56 bits per heavy atom. The summed E-state index contributed by atoms with van der Waals surface area (Å²) in [4.78, 5) is 64.4. The zero-order valence-electron chi connectivity index (χ0n) is 34.4. The highest BCUT2D eigenvalue weighted by molar-refractivity contribution is 8.13. The largest absolute Gasteiger partial charge is 0.477 e. The van der Waals surface area contributed by atoms with Crippen LogP contribution in [0.15, 0.2) is 101 Å². The summed E-state index contributed by atoms with van der Waals surface area (Å²) in [6, 6.07) is 31.1. The number of hydrogen-bond acceptors (Lipinski definition) is 14. The first-order chi connectivity index (χ1) is 28.9. The molecule has 334 valence electrons. The molecule has 6 atom stereocenters. The standard InChI is InChI=1S/C18H15P.C14H23NO9S.C6H10N2O4.C3H6OS/c1-4-10-16(11-5-1)19(17-12-6-2-7-13-17)18-14-8-3-9-15-18;1-3-9(19)25-5-8(18)11(20)12-10(15-6(2)16)7(17)4-14(23,24-12)13(21)22;1-3-11-5(9)7-8-6(10)12-4-2;1-2-3(4)5/h1-15H;7-8,10-12,17-18,20,23H,3-5H2,1-2H3,(H,15,16)(H,21,22);3-4H2,1-2H3;2H2,1H3,(H,4,5)/t;7-,8-,10-,11-,12?,14+;;/m.1../s1. The van der Waals surface area contributed by atoms with Crippen molar-refractivity contribution in [1.82, 2.24) is 5.32 Å². The fraction of sp³-hybridized carbons (Fsp3) is 0.415. The maximum Gasteiger partial charge on any atom is 0.452 e. The van der Waals surface area contributed by atoms with Crippen LogP contribution in [-0.4, -0.2) is 115 Å². The van der Waals surface area contributed by atoms with Gasteiger partial charge in [-0.2, -0.15) is 0 Å². The number of aliphatic hydroxyl groups is 4. The van der Waals surface area contributed by atoms with Gasteiger partial charge in [0, 0.05) is 31.9 Å². The molecule has 1 aliphatic heterocycles. The van der Waals surface area contributed by atoms with Crippen molar-refractivity contribution in [2.24, 2.45) is 10.2 Å². The lowest BCUT2D eigenvalue weighted by molar-refractivity contribution is -0.293. The molecule has 0 radical (unpaired) electrons. The van der Waals surface area contributed by atoms with Gasteiger partial charge < -0.3 is 45.1 Å². The number of carboxylic acids is 1. The van der Waals surface area contributed by atoms with E-state index < -0.39 is 74.7 Å². The minimum absolute atomic E-state index is 0.0509. The number of rotatable bonds is 13. The molecule has 1 aliphatic rings. The highest BCUT2D eigenvalue weighted by atomic mass is 32.2. The zero-order chi connectivity index (χ0) is 46.0. The van der Waals surface area contributed by atoms with E-state index in [1.54, 1.807) is 27.7 Å². The van der Waals surface area contributed by atoms with Gasteiger partial charge in [0.1, 0.15) is 12.2 Å². The van der Waals surface area contributed by atoms with Crippen LogP contribution in [0, 0.1) is 0 Å². The number of nitrogens with one attached hydrogen (secondary N) is 1. The van der Waals surface area contributed by atoms with Gasteiger partial charge in [-0.15, -0.1) is 12.6 Å². The van der Waals surface area contributed by atoms with Crippen molar-refractivity contribution in [1.29, 1.82) is 0 Å². The molecule has 1 fully saturated rings. The quantitative estimate of drug-likeness (QED) is 0.0730. The maximum absolute atomic E-state index is 11.3. The van der Waals surface area contributed by atoms with Crippen LogP contribution in [0.3, 0.4) is 0 Å². The Bertz CT molecular complexity index is 1720. The summed E-state index contributed by atoms with van der Waals surface area (Å²) in [5.41, 5.74) is 0. The van der Waals surface area contributed by atoms with Crippen molar-refractivity contribution in [2.75, 3.05) is 19.0 Å². The summed E-state index contributed by atoms with van der Waals surface area (Å²) in [5.74, 6) is -5.36. The zero-order valence-corrected chi connectivity index (χ0v) is 37.0. The number of thiol groups is 1. The second-order valence-electron chi connectivity index (χ2n) is 12.5.